The van der Waals surface area contributed by atoms with Crippen LogP contribution in [0, 0.1) is 0 Å². The van der Waals surface area contributed by atoms with Crippen molar-refractivity contribution in [1.82, 2.24) is 5.32 Å². The zero-order valence-electron chi connectivity index (χ0n) is 9.75. The van der Waals surface area contributed by atoms with Crippen molar-refractivity contribution in [2.75, 3.05) is 6.61 Å². The number of aliphatic carboxylic acids is 1. The first-order valence-corrected chi connectivity index (χ1v) is 5.49. The Morgan fingerprint density at radius 1 is 1.39 bits per heavy atom. The molecule has 18 heavy (non-hydrogen) atoms. The number of fused-ring (bicyclic) bond motifs is 1. The smallest absolute Gasteiger partial charge is 0.325 e. The number of carbonyl (C=O) groups is 2. The van der Waals surface area contributed by atoms with Crippen LogP contribution in [0.3, 0.4) is 0 Å². The van der Waals surface area contributed by atoms with E-state index >= 15 is 0 Å². The Labute approximate surface area is 104 Å². The molecule has 0 spiro atoms. The summed E-state index contributed by atoms with van der Waals surface area (Å²) >= 11 is 0. The highest BCUT2D eigenvalue weighted by Crippen LogP contribution is 2.30. The second-order valence-corrected chi connectivity index (χ2v) is 3.93. The molecule has 1 aliphatic heterocycles. The van der Waals surface area contributed by atoms with E-state index in [2.05, 4.69) is 5.32 Å². The molecule has 1 aliphatic rings. The lowest BCUT2D eigenvalue weighted by molar-refractivity contribution is -0.143. The van der Waals surface area contributed by atoms with Gasteiger partial charge in [-0.25, -0.2) is 0 Å². The third-order valence-electron chi connectivity index (χ3n) is 2.53. The number of benzene rings is 1. The van der Waals surface area contributed by atoms with E-state index in [1.54, 1.807) is 24.3 Å². The molecule has 1 aromatic carbocycles. The Morgan fingerprint density at radius 3 is 2.72 bits per heavy atom. The average Bonchev–Trinajstić information content (AvgIpc) is 2.37. The molecule has 0 saturated heterocycles. The van der Waals surface area contributed by atoms with Crippen LogP contribution in [0.15, 0.2) is 24.3 Å². The van der Waals surface area contributed by atoms with Crippen LogP contribution in [0.1, 0.15) is 6.92 Å². The number of carboxylic acid groups (broad SMARTS) is 1. The van der Waals surface area contributed by atoms with Gasteiger partial charge in [-0.15, -0.1) is 0 Å². The van der Waals surface area contributed by atoms with E-state index in [9.17, 15) is 9.59 Å². The number of amides is 1. The number of nitrogens with one attached hydrogen (secondary N) is 1. The topological polar surface area (TPSA) is 84.9 Å². The van der Waals surface area contributed by atoms with Gasteiger partial charge in [0.05, 0.1) is 0 Å². The van der Waals surface area contributed by atoms with Crippen molar-refractivity contribution < 1.29 is 24.2 Å². The van der Waals surface area contributed by atoms with Crippen LogP contribution in [0.4, 0.5) is 0 Å². The molecule has 0 aliphatic carbocycles. The van der Waals surface area contributed by atoms with Gasteiger partial charge >= 0.3 is 5.97 Å². The third-order valence-corrected chi connectivity index (χ3v) is 2.53. The standard InChI is InChI=1S/C12H13NO5/c1-7(12(15)16)13-11(14)10-6-17-8-4-2-3-5-9(8)18-10/h2-5,7,10H,6H2,1H3,(H,13,14)(H,15,16)/t7-,10?/m1/s1. The van der Waals surface area contributed by atoms with Crippen LogP contribution in [-0.2, 0) is 9.59 Å². The molecule has 1 unspecified atom stereocenters. The zero-order valence-corrected chi connectivity index (χ0v) is 9.75. The van der Waals surface area contributed by atoms with Crippen molar-refractivity contribution in [3.8, 4) is 11.5 Å². The van der Waals surface area contributed by atoms with E-state index in [-0.39, 0.29) is 6.61 Å². The summed E-state index contributed by atoms with van der Waals surface area (Å²) in [5.41, 5.74) is 0. The molecule has 0 saturated carbocycles. The highest BCUT2D eigenvalue weighted by atomic mass is 16.6. The summed E-state index contributed by atoms with van der Waals surface area (Å²) in [6.07, 6.45) is -0.832. The largest absolute Gasteiger partial charge is 0.485 e. The van der Waals surface area contributed by atoms with Crippen LogP contribution in [0.2, 0.25) is 0 Å². The van der Waals surface area contributed by atoms with E-state index in [0.717, 1.165) is 0 Å². The second kappa shape index (κ2) is 4.95. The maximum Gasteiger partial charge on any atom is 0.325 e. The van der Waals surface area contributed by atoms with E-state index in [4.69, 9.17) is 14.6 Å². The van der Waals surface area contributed by atoms with Gasteiger partial charge in [-0.3, -0.25) is 9.59 Å². The number of carbonyl (C=O) groups excluding carboxylic acids is 1. The molecule has 1 heterocycles. The first-order chi connectivity index (χ1) is 8.58. The second-order valence-electron chi connectivity index (χ2n) is 3.93. The minimum Gasteiger partial charge on any atom is -0.485 e. The molecule has 1 aromatic rings. The van der Waals surface area contributed by atoms with Crippen LogP contribution in [0.25, 0.3) is 0 Å². The van der Waals surface area contributed by atoms with Crippen LogP contribution >= 0.6 is 0 Å². The van der Waals surface area contributed by atoms with Crippen molar-refractivity contribution in [3.63, 3.8) is 0 Å². The van der Waals surface area contributed by atoms with Gasteiger partial charge in [0.25, 0.3) is 5.91 Å². The fourth-order valence-corrected chi connectivity index (χ4v) is 1.52. The van der Waals surface area contributed by atoms with E-state index in [1.807, 2.05) is 0 Å². The molecule has 2 N–H and O–H groups in total. The Morgan fingerprint density at radius 2 is 2.06 bits per heavy atom. The van der Waals surface area contributed by atoms with Gasteiger partial charge in [0.1, 0.15) is 12.6 Å². The summed E-state index contributed by atoms with van der Waals surface area (Å²) in [6.45, 7) is 1.45. The van der Waals surface area contributed by atoms with Crippen molar-refractivity contribution in [3.05, 3.63) is 24.3 Å². The summed E-state index contributed by atoms with van der Waals surface area (Å²) in [5, 5.41) is 11.0. The monoisotopic (exact) mass is 251 g/mol. The molecule has 0 bridgehead atoms. The highest BCUT2D eigenvalue weighted by Gasteiger charge is 2.29. The van der Waals surface area contributed by atoms with Gasteiger partial charge in [0, 0.05) is 0 Å². The third kappa shape index (κ3) is 2.53. The summed E-state index contributed by atoms with van der Waals surface area (Å²) in [6, 6.07) is 6.04. The summed E-state index contributed by atoms with van der Waals surface area (Å²) in [7, 11) is 0. The average molecular weight is 251 g/mol. The number of rotatable bonds is 3. The highest BCUT2D eigenvalue weighted by molar-refractivity contribution is 5.86. The van der Waals surface area contributed by atoms with Gasteiger partial charge in [0.2, 0.25) is 6.10 Å². The van der Waals surface area contributed by atoms with Crippen molar-refractivity contribution in [2.45, 2.75) is 19.1 Å². The quantitative estimate of drug-likeness (QED) is 0.813. The molecular weight excluding hydrogens is 238 g/mol. The molecule has 6 heteroatoms. The van der Waals surface area contributed by atoms with Crippen LogP contribution in [-0.4, -0.2) is 35.7 Å². The number of ether oxygens (including phenoxy) is 2. The Balaban J connectivity index is 2.00. The Hall–Kier alpha value is -2.24. The Kier molecular flexibility index (Phi) is 3.36. The minimum absolute atomic E-state index is 0.0647. The molecule has 96 valence electrons. The van der Waals surface area contributed by atoms with Gasteiger partial charge in [0.15, 0.2) is 11.5 Å². The van der Waals surface area contributed by atoms with Crippen molar-refractivity contribution in [1.29, 1.82) is 0 Å². The van der Waals surface area contributed by atoms with Gasteiger partial charge in [-0.2, -0.15) is 0 Å². The van der Waals surface area contributed by atoms with Crippen molar-refractivity contribution >= 4 is 11.9 Å². The number of para-hydroxylation sites is 2. The Bertz CT molecular complexity index is 473. The fraction of sp³-hybridized carbons (Fsp3) is 0.333. The van der Waals surface area contributed by atoms with E-state index in [1.165, 1.54) is 6.92 Å². The lowest BCUT2D eigenvalue weighted by atomic mass is 10.2. The zero-order chi connectivity index (χ0) is 13.1. The van der Waals surface area contributed by atoms with Crippen LogP contribution < -0.4 is 14.8 Å². The SMILES string of the molecule is C[C@@H](NC(=O)C1COc2ccccc2O1)C(=O)O. The predicted molar refractivity (Wildman–Crippen MR) is 61.6 cm³/mol. The molecule has 0 radical (unpaired) electrons. The van der Waals surface area contributed by atoms with E-state index < -0.39 is 24.0 Å². The molecule has 2 rings (SSSR count). The normalized spacial score (nSPS) is 18.8. The van der Waals surface area contributed by atoms with Crippen molar-refractivity contribution in [2.24, 2.45) is 0 Å². The maximum atomic E-state index is 11.7. The molecule has 0 aromatic heterocycles. The van der Waals surface area contributed by atoms with Crippen LogP contribution in [0.5, 0.6) is 11.5 Å². The molecule has 6 nitrogen and oxygen atoms in total. The van der Waals surface area contributed by atoms with Gasteiger partial charge in [-0.1, -0.05) is 12.1 Å². The number of carboxylic acids is 1. The molecule has 2 atom stereocenters. The van der Waals surface area contributed by atoms with Gasteiger partial charge in [-0.05, 0) is 19.1 Å². The summed E-state index contributed by atoms with van der Waals surface area (Å²) < 4.78 is 10.8. The predicted octanol–water partition coefficient (Wildman–Crippen LogP) is 0.416. The maximum absolute atomic E-state index is 11.7. The summed E-state index contributed by atoms with van der Waals surface area (Å²) in [5.74, 6) is -0.542. The lowest BCUT2D eigenvalue weighted by Gasteiger charge is -2.26. The molecule has 1 amide bonds. The fourth-order valence-electron chi connectivity index (χ4n) is 1.52. The van der Waals surface area contributed by atoms with Gasteiger partial charge < -0.3 is 19.9 Å². The lowest BCUT2D eigenvalue weighted by Crippen LogP contribution is -2.49. The molecule has 0 fully saturated rings. The number of hydrogen-bond donors (Lipinski definition) is 2. The number of hydrogen-bond acceptors (Lipinski definition) is 4. The minimum atomic E-state index is -1.10. The van der Waals surface area contributed by atoms with E-state index in [0.29, 0.717) is 11.5 Å². The summed E-state index contributed by atoms with van der Waals surface area (Å²) in [4.78, 5) is 22.4. The first kappa shape index (κ1) is 12.2. The molecular formula is C12H13NO5. The first-order valence-electron chi connectivity index (χ1n) is 5.49.